The highest BCUT2D eigenvalue weighted by Crippen LogP contribution is 2.17. The third-order valence-electron chi connectivity index (χ3n) is 4.00. The van der Waals surface area contributed by atoms with Crippen molar-refractivity contribution in [3.63, 3.8) is 0 Å². The Labute approximate surface area is 167 Å². The summed E-state index contributed by atoms with van der Waals surface area (Å²) in [5.74, 6) is -2.64. The molecule has 2 rings (SSSR count). The Morgan fingerprint density at radius 1 is 0.828 bits per heavy atom. The first-order chi connectivity index (χ1) is 13.7. The van der Waals surface area contributed by atoms with Gasteiger partial charge in [0.25, 0.3) is 5.91 Å². The van der Waals surface area contributed by atoms with E-state index in [4.69, 9.17) is 4.74 Å². The number of esters is 3. The molecule has 0 aromatic heterocycles. The van der Waals surface area contributed by atoms with Crippen LogP contribution in [-0.2, 0) is 19.0 Å². The summed E-state index contributed by atoms with van der Waals surface area (Å²) in [6.45, 7) is 3.14. The molecular weight excluding hydrogens is 378 g/mol. The summed E-state index contributed by atoms with van der Waals surface area (Å²) in [5.41, 5.74) is 2.37. The first-order valence-electron chi connectivity index (χ1n) is 8.61. The number of amides is 1. The Morgan fingerprint density at radius 3 is 1.93 bits per heavy atom. The number of carbonyl (C=O) groups is 4. The molecule has 0 aliphatic rings. The highest BCUT2D eigenvalue weighted by molar-refractivity contribution is 6.00. The van der Waals surface area contributed by atoms with Crippen LogP contribution in [0.5, 0.6) is 0 Å². The van der Waals surface area contributed by atoms with Gasteiger partial charge in [0.2, 0.25) is 0 Å². The van der Waals surface area contributed by atoms with Crippen molar-refractivity contribution in [3.8, 4) is 0 Å². The Kier molecular flexibility index (Phi) is 7.08. The second-order valence-corrected chi connectivity index (χ2v) is 6.22. The summed E-state index contributed by atoms with van der Waals surface area (Å²) in [6.07, 6.45) is 0. The third-order valence-corrected chi connectivity index (χ3v) is 4.00. The molecule has 0 heterocycles. The first-order valence-corrected chi connectivity index (χ1v) is 8.61. The largest absolute Gasteiger partial charge is 0.465 e. The summed E-state index contributed by atoms with van der Waals surface area (Å²) < 4.78 is 14.3. The predicted molar refractivity (Wildman–Crippen MR) is 104 cm³/mol. The Morgan fingerprint density at radius 2 is 1.41 bits per heavy atom. The lowest BCUT2D eigenvalue weighted by Crippen LogP contribution is -2.22. The number of anilines is 1. The lowest BCUT2D eigenvalue weighted by Gasteiger charge is -2.11. The van der Waals surface area contributed by atoms with Gasteiger partial charge in [-0.3, -0.25) is 4.79 Å². The van der Waals surface area contributed by atoms with Crippen LogP contribution in [0.4, 0.5) is 5.69 Å². The van der Waals surface area contributed by atoms with Crippen molar-refractivity contribution in [1.82, 2.24) is 0 Å². The number of carbonyl (C=O) groups excluding carboxylic acids is 4. The fourth-order valence-electron chi connectivity index (χ4n) is 2.62. The van der Waals surface area contributed by atoms with E-state index in [1.807, 2.05) is 13.0 Å². The molecule has 0 spiro atoms. The molecule has 152 valence electrons. The molecule has 0 radical (unpaired) electrons. The maximum absolute atomic E-state index is 12.2. The highest BCUT2D eigenvalue weighted by Gasteiger charge is 2.16. The van der Waals surface area contributed by atoms with Crippen molar-refractivity contribution < 1.29 is 33.4 Å². The first kappa shape index (κ1) is 21.6. The van der Waals surface area contributed by atoms with E-state index in [2.05, 4.69) is 14.8 Å². The lowest BCUT2D eigenvalue weighted by molar-refractivity contribution is -0.119. The maximum atomic E-state index is 12.2. The van der Waals surface area contributed by atoms with Gasteiger partial charge in [0, 0.05) is 5.69 Å². The molecule has 0 bridgehead atoms. The molecule has 0 fully saturated rings. The summed E-state index contributed by atoms with van der Waals surface area (Å²) in [5, 5.41) is 2.48. The van der Waals surface area contributed by atoms with E-state index in [0.29, 0.717) is 5.56 Å². The van der Waals surface area contributed by atoms with E-state index in [1.165, 1.54) is 32.4 Å². The number of hydrogen-bond acceptors (Lipinski definition) is 7. The van der Waals surface area contributed by atoms with Crippen molar-refractivity contribution in [2.75, 3.05) is 26.1 Å². The minimum atomic E-state index is -0.687. The molecule has 0 saturated carbocycles. The van der Waals surface area contributed by atoms with Crippen molar-refractivity contribution in [2.24, 2.45) is 0 Å². The molecule has 2 aromatic carbocycles. The van der Waals surface area contributed by atoms with E-state index in [9.17, 15) is 19.2 Å². The van der Waals surface area contributed by atoms with Gasteiger partial charge in [-0.05, 0) is 43.7 Å². The number of rotatable bonds is 6. The van der Waals surface area contributed by atoms with Crippen LogP contribution in [0.3, 0.4) is 0 Å². The molecule has 0 saturated heterocycles. The molecule has 0 atom stereocenters. The van der Waals surface area contributed by atoms with Crippen LogP contribution < -0.4 is 5.32 Å². The Hall–Kier alpha value is -3.68. The average Bonchev–Trinajstić information content (AvgIpc) is 2.70. The summed E-state index contributed by atoms with van der Waals surface area (Å²) in [6, 6.07) is 9.20. The van der Waals surface area contributed by atoms with Gasteiger partial charge in [-0.1, -0.05) is 17.7 Å². The fraction of sp³-hybridized carbons (Fsp3) is 0.238. The lowest BCUT2D eigenvalue weighted by atomic mass is 10.1. The monoisotopic (exact) mass is 399 g/mol. The number of aryl methyl sites for hydroxylation is 2. The second-order valence-electron chi connectivity index (χ2n) is 6.22. The van der Waals surface area contributed by atoms with E-state index in [1.54, 1.807) is 19.1 Å². The molecule has 1 amide bonds. The Bertz CT molecular complexity index is 931. The van der Waals surface area contributed by atoms with Crippen LogP contribution in [0.25, 0.3) is 0 Å². The minimum Gasteiger partial charge on any atom is -0.465 e. The summed E-state index contributed by atoms with van der Waals surface area (Å²) in [4.78, 5) is 47.9. The molecule has 1 N–H and O–H groups in total. The number of ether oxygens (including phenoxy) is 3. The van der Waals surface area contributed by atoms with Crippen LogP contribution in [0.1, 0.15) is 42.2 Å². The van der Waals surface area contributed by atoms with Crippen LogP contribution in [0.2, 0.25) is 0 Å². The summed E-state index contributed by atoms with van der Waals surface area (Å²) >= 11 is 0. The molecule has 8 nitrogen and oxygen atoms in total. The second kappa shape index (κ2) is 9.50. The zero-order chi connectivity index (χ0) is 21.6. The van der Waals surface area contributed by atoms with E-state index < -0.39 is 30.4 Å². The number of nitrogens with one attached hydrogen (secondary N) is 1. The summed E-state index contributed by atoms with van der Waals surface area (Å²) in [7, 11) is 2.38. The average molecular weight is 399 g/mol. The van der Waals surface area contributed by atoms with Gasteiger partial charge in [-0.2, -0.15) is 0 Å². The van der Waals surface area contributed by atoms with Crippen LogP contribution >= 0.6 is 0 Å². The van der Waals surface area contributed by atoms with Gasteiger partial charge >= 0.3 is 17.9 Å². The molecule has 2 aromatic rings. The van der Waals surface area contributed by atoms with Crippen molar-refractivity contribution in [2.45, 2.75) is 13.8 Å². The fourth-order valence-corrected chi connectivity index (χ4v) is 2.62. The SMILES string of the molecule is COC(=O)c1cc(NC(=O)COC(=O)c2ccc(C)cc2C)cc(C(=O)OC)c1. The van der Waals surface area contributed by atoms with Gasteiger partial charge in [0.15, 0.2) is 6.61 Å². The van der Waals surface area contributed by atoms with Crippen molar-refractivity contribution >= 4 is 29.5 Å². The van der Waals surface area contributed by atoms with Gasteiger partial charge in [-0.25, -0.2) is 14.4 Å². The normalized spacial score (nSPS) is 10.1. The van der Waals surface area contributed by atoms with Gasteiger partial charge in [0.1, 0.15) is 0 Å². The van der Waals surface area contributed by atoms with Crippen LogP contribution in [0.15, 0.2) is 36.4 Å². The van der Waals surface area contributed by atoms with Crippen LogP contribution in [0, 0.1) is 13.8 Å². The van der Waals surface area contributed by atoms with Gasteiger partial charge in [-0.15, -0.1) is 0 Å². The highest BCUT2D eigenvalue weighted by atomic mass is 16.5. The van der Waals surface area contributed by atoms with Gasteiger partial charge < -0.3 is 19.5 Å². The van der Waals surface area contributed by atoms with Crippen molar-refractivity contribution in [1.29, 1.82) is 0 Å². The molecule has 0 aliphatic carbocycles. The number of methoxy groups -OCH3 is 2. The standard InChI is InChI=1S/C21H21NO7/c1-12-5-6-17(13(2)7-12)21(26)29-11-18(23)22-16-9-14(19(24)27-3)8-15(10-16)20(25)28-4/h5-10H,11H2,1-4H3,(H,22,23). The van der Waals surface area contributed by atoms with Crippen LogP contribution in [-0.4, -0.2) is 44.6 Å². The quantitative estimate of drug-likeness (QED) is 0.588. The molecular formula is C21H21NO7. The zero-order valence-corrected chi connectivity index (χ0v) is 16.5. The van der Waals surface area contributed by atoms with Gasteiger partial charge in [0.05, 0.1) is 30.9 Å². The molecule has 8 heteroatoms. The Balaban J connectivity index is 2.10. The molecule has 0 aliphatic heterocycles. The molecule has 0 unspecified atom stereocenters. The van der Waals surface area contributed by atoms with E-state index in [-0.39, 0.29) is 16.8 Å². The number of benzene rings is 2. The topological polar surface area (TPSA) is 108 Å². The van der Waals surface area contributed by atoms with E-state index >= 15 is 0 Å². The smallest absolute Gasteiger partial charge is 0.338 e. The maximum Gasteiger partial charge on any atom is 0.338 e. The van der Waals surface area contributed by atoms with Crippen molar-refractivity contribution in [3.05, 3.63) is 64.2 Å². The minimum absolute atomic E-state index is 0.0537. The molecule has 29 heavy (non-hydrogen) atoms. The zero-order valence-electron chi connectivity index (χ0n) is 16.5. The predicted octanol–water partition coefficient (Wildman–Crippen LogP) is 2.67. The van der Waals surface area contributed by atoms with E-state index in [0.717, 1.165) is 11.1 Å². The third kappa shape index (κ3) is 5.65. The number of hydrogen-bond donors (Lipinski definition) is 1.